The van der Waals surface area contributed by atoms with Crippen LogP contribution in [0.1, 0.15) is 30.9 Å². The Bertz CT molecular complexity index is 755. The molecule has 1 aliphatic heterocycles. The zero-order valence-electron chi connectivity index (χ0n) is 15.2. The van der Waals surface area contributed by atoms with Gasteiger partial charge >= 0.3 is 0 Å². The minimum Gasteiger partial charge on any atom is -0.493 e. The zero-order valence-corrected chi connectivity index (χ0v) is 17.6. The van der Waals surface area contributed by atoms with Crippen LogP contribution in [0.25, 0.3) is 0 Å². The average Bonchev–Trinajstić information content (AvgIpc) is 2.67. The number of likely N-dealkylation sites (tertiary alicyclic amines) is 1. The average molecular weight is 434 g/mol. The number of methoxy groups -OCH3 is 1. The lowest BCUT2D eigenvalue weighted by Gasteiger charge is -2.33. The van der Waals surface area contributed by atoms with Crippen LogP contribution in [0.5, 0.6) is 11.5 Å². The van der Waals surface area contributed by atoms with Gasteiger partial charge in [0.05, 0.1) is 12.7 Å². The molecule has 0 atom stereocenters. The van der Waals surface area contributed by atoms with Gasteiger partial charge in [-0.05, 0) is 48.6 Å². The molecule has 1 saturated heterocycles. The number of nitrogens with zero attached hydrogens (tertiary/aromatic N) is 1. The summed E-state index contributed by atoms with van der Waals surface area (Å²) in [6.07, 6.45) is 2.36. The van der Waals surface area contributed by atoms with E-state index in [2.05, 4.69) is 27.8 Å². The van der Waals surface area contributed by atoms with Gasteiger partial charge < -0.3 is 14.4 Å². The minimum absolute atomic E-state index is 0.473. The van der Waals surface area contributed by atoms with Crippen LogP contribution in [0.3, 0.4) is 0 Å². The molecular weight excluding hydrogens is 410 g/mol. The number of hydrogen-bond donors (Lipinski definition) is 0. The highest BCUT2D eigenvalue weighted by molar-refractivity contribution is 9.10. The molecule has 0 amide bonds. The Morgan fingerprint density at radius 1 is 1.15 bits per heavy atom. The Morgan fingerprint density at radius 3 is 2.50 bits per heavy atom. The van der Waals surface area contributed by atoms with Crippen LogP contribution in [0.15, 0.2) is 46.9 Å². The molecule has 0 aliphatic carbocycles. The summed E-state index contributed by atoms with van der Waals surface area (Å²) in [5.41, 5.74) is 2.04. The largest absolute Gasteiger partial charge is 0.493 e. The van der Waals surface area contributed by atoms with E-state index in [1.165, 1.54) is 12.8 Å². The van der Waals surface area contributed by atoms with E-state index in [4.69, 9.17) is 21.7 Å². The molecule has 26 heavy (non-hydrogen) atoms. The smallest absolute Gasteiger partial charge is 0.171 e. The second-order valence-electron chi connectivity index (χ2n) is 6.73. The molecular formula is C21H24BrNO2S. The summed E-state index contributed by atoms with van der Waals surface area (Å²) < 4.78 is 12.8. The monoisotopic (exact) mass is 433 g/mol. The summed E-state index contributed by atoms with van der Waals surface area (Å²) in [5.74, 6) is 2.21. The van der Waals surface area contributed by atoms with E-state index in [9.17, 15) is 0 Å². The number of piperidine rings is 1. The number of thiocarbonyl (C=S) groups is 1. The molecule has 1 aliphatic rings. The van der Waals surface area contributed by atoms with E-state index in [0.29, 0.717) is 12.4 Å². The van der Waals surface area contributed by atoms with Crippen LogP contribution in [-0.4, -0.2) is 30.1 Å². The molecule has 3 rings (SSSR count). The number of halogens is 1. The Hall–Kier alpha value is -1.59. The number of benzene rings is 2. The predicted molar refractivity (Wildman–Crippen MR) is 113 cm³/mol. The molecule has 2 aromatic carbocycles. The highest BCUT2D eigenvalue weighted by Gasteiger charge is 2.22. The van der Waals surface area contributed by atoms with Crippen LogP contribution >= 0.6 is 28.1 Å². The third-order valence-electron chi connectivity index (χ3n) is 4.80. The second-order valence-corrected chi connectivity index (χ2v) is 8.03. The maximum atomic E-state index is 6.16. The maximum absolute atomic E-state index is 6.16. The van der Waals surface area contributed by atoms with Crippen molar-refractivity contribution in [3.05, 3.63) is 58.1 Å². The number of rotatable bonds is 5. The number of ether oxygens (including phenoxy) is 2. The predicted octanol–water partition coefficient (Wildman–Crippen LogP) is 5.44. The van der Waals surface area contributed by atoms with Crippen LogP contribution in [0, 0.1) is 5.92 Å². The first kappa shape index (κ1) is 19.2. The van der Waals surface area contributed by atoms with Crippen molar-refractivity contribution < 1.29 is 9.47 Å². The lowest BCUT2D eigenvalue weighted by molar-refractivity contribution is 0.275. The highest BCUT2D eigenvalue weighted by Crippen LogP contribution is 2.34. The van der Waals surface area contributed by atoms with Crippen LogP contribution in [-0.2, 0) is 6.61 Å². The van der Waals surface area contributed by atoms with Gasteiger partial charge in [-0.15, -0.1) is 0 Å². The molecule has 0 radical (unpaired) electrons. The molecule has 0 unspecified atom stereocenters. The third-order valence-corrected chi connectivity index (χ3v) is 5.80. The zero-order chi connectivity index (χ0) is 18.5. The van der Waals surface area contributed by atoms with Crippen molar-refractivity contribution in [1.29, 1.82) is 0 Å². The van der Waals surface area contributed by atoms with Crippen molar-refractivity contribution in [2.24, 2.45) is 5.92 Å². The molecule has 0 spiro atoms. The van der Waals surface area contributed by atoms with E-state index < -0.39 is 0 Å². The molecule has 2 aromatic rings. The fraction of sp³-hybridized carbons (Fsp3) is 0.381. The Kier molecular flexibility index (Phi) is 6.54. The Balaban J connectivity index is 1.81. The van der Waals surface area contributed by atoms with Gasteiger partial charge in [0.1, 0.15) is 11.6 Å². The van der Waals surface area contributed by atoms with Gasteiger partial charge in [-0.25, -0.2) is 0 Å². The van der Waals surface area contributed by atoms with Crippen molar-refractivity contribution in [2.45, 2.75) is 26.4 Å². The van der Waals surface area contributed by atoms with Gasteiger partial charge in [0.15, 0.2) is 11.5 Å². The molecule has 1 fully saturated rings. The fourth-order valence-electron chi connectivity index (χ4n) is 3.11. The van der Waals surface area contributed by atoms with Crippen molar-refractivity contribution in [2.75, 3.05) is 20.2 Å². The Morgan fingerprint density at radius 2 is 1.85 bits per heavy atom. The molecule has 0 saturated carbocycles. The standard InChI is InChI=1S/C21H24BrNO2S/c1-15-10-12-23(13-11-15)21(26)18-4-3-5-19(24-2)20(18)25-14-16-6-8-17(22)9-7-16/h3-9,15H,10-14H2,1-2H3. The van der Waals surface area contributed by atoms with Gasteiger partial charge in [-0.3, -0.25) is 0 Å². The van der Waals surface area contributed by atoms with Gasteiger partial charge in [0.25, 0.3) is 0 Å². The number of hydrogen-bond acceptors (Lipinski definition) is 3. The topological polar surface area (TPSA) is 21.7 Å². The fourth-order valence-corrected chi connectivity index (χ4v) is 3.72. The lowest BCUT2D eigenvalue weighted by Crippen LogP contribution is -2.37. The quantitative estimate of drug-likeness (QED) is 0.584. The summed E-state index contributed by atoms with van der Waals surface area (Å²) in [5, 5.41) is 0. The Labute approximate surface area is 169 Å². The normalized spacial score (nSPS) is 15.0. The second kappa shape index (κ2) is 8.87. The van der Waals surface area contributed by atoms with Crippen molar-refractivity contribution in [3.8, 4) is 11.5 Å². The van der Waals surface area contributed by atoms with E-state index in [1.807, 2.05) is 42.5 Å². The molecule has 3 nitrogen and oxygen atoms in total. The van der Waals surface area contributed by atoms with Crippen molar-refractivity contribution in [1.82, 2.24) is 4.90 Å². The van der Waals surface area contributed by atoms with Gasteiger partial charge in [0, 0.05) is 17.6 Å². The molecule has 1 heterocycles. The molecule has 138 valence electrons. The van der Waals surface area contributed by atoms with Gasteiger partial charge in [0.2, 0.25) is 0 Å². The first-order valence-electron chi connectivity index (χ1n) is 8.92. The first-order valence-corrected chi connectivity index (χ1v) is 10.1. The van der Waals surface area contributed by atoms with Crippen LogP contribution < -0.4 is 9.47 Å². The van der Waals surface area contributed by atoms with Crippen molar-refractivity contribution >= 4 is 33.1 Å². The molecule has 0 aromatic heterocycles. The summed E-state index contributed by atoms with van der Waals surface area (Å²) in [7, 11) is 1.66. The number of para-hydroxylation sites is 1. The summed E-state index contributed by atoms with van der Waals surface area (Å²) >= 11 is 9.27. The SMILES string of the molecule is COc1cccc(C(=S)N2CCC(C)CC2)c1OCc1ccc(Br)cc1. The van der Waals surface area contributed by atoms with E-state index in [-0.39, 0.29) is 0 Å². The summed E-state index contributed by atoms with van der Waals surface area (Å²) in [6, 6.07) is 14.0. The first-order chi connectivity index (χ1) is 12.6. The van der Waals surface area contributed by atoms with Gasteiger partial charge in [-0.1, -0.05) is 53.3 Å². The summed E-state index contributed by atoms with van der Waals surface area (Å²) in [4.78, 5) is 3.14. The van der Waals surface area contributed by atoms with E-state index >= 15 is 0 Å². The maximum Gasteiger partial charge on any atom is 0.171 e. The molecule has 0 N–H and O–H groups in total. The highest BCUT2D eigenvalue weighted by atomic mass is 79.9. The van der Waals surface area contributed by atoms with Crippen LogP contribution in [0.2, 0.25) is 0 Å². The van der Waals surface area contributed by atoms with Gasteiger partial charge in [-0.2, -0.15) is 0 Å². The molecule has 5 heteroatoms. The van der Waals surface area contributed by atoms with E-state index in [1.54, 1.807) is 7.11 Å². The van der Waals surface area contributed by atoms with Crippen LogP contribution in [0.4, 0.5) is 0 Å². The third kappa shape index (κ3) is 4.57. The summed E-state index contributed by atoms with van der Waals surface area (Å²) in [6.45, 7) is 4.78. The lowest BCUT2D eigenvalue weighted by atomic mass is 9.98. The van der Waals surface area contributed by atoms with Crippen molar-refractivity contribution in [3.63, 3.8) is 0 Å². The van der Waals surface area contributed by atoms with E-state index in [0.717, 1.165) is 45.3 Å². The minimum atomic E-state index is 0.473. The molecule has 0 bridgehead atoms.